The van der Waals surface area contributed by atoms with E-state index in [1.54, 1.807) is 6.20 Å². The molecular formula is C19H28BrNO3Si. The Hall–Kier alpha value is -1.27. The molecule has 0 N–H and O–H groups in total. The molecule has 138 valence electrons. The van der Waals surface area contributed by atoms with Crippen LogP contribution in [0.1, 0.15) is 41.5 Å². The van der Waals surface area contributed by atoms with Gasteiger partial charge in [0.2, 0.25) is 0 Å². The van der Waals surface area contributed by atoms with E-state index in [9.17, 15) is 4.79 Å². The number of hydrogen-bond acceptors (Lipinski definition) is 3. The van der Waals surface area contributed by atoms with Crippen molar-refractivity contribution in [1.29, 1.82) is 0 Å². The van der Waals surface area contributed by atoms with Crippen LogP contribution in [0.15, 0.2) is 28.9 Å². The number of halogens is 1. The van der Waals surface area contributed by atoms with Gasteiger partial charge in [0.25, 0.3) is 8.32 Å². The van der Waals surface area contributed by atoms with E-state index in [-0.39, 0.29) is 5.04 Å². The SMILES string of the molecule is CC(C)(C)OC(=O)n1cc(Br)c2c(O[Si](C)(C)C(C)(C)C)cccc21. The number of rotatable bonds is 2. The molecule has 1 aromatic carbocycles. The molecule has 0 fully saturated rings. The summed E-state index contributed by atoms with van der Waals surface area (Å²) in [6.45, 7) is 16.6. The van der Waals surface area contributed by atoms with Gasteiger partial charge in [-0.3, -0.25) is 4.57 Å². The lowest BCUT2D eigenvalue weighted by atomic mass is 10.2. The van der Waals surface area contributed by atoms with E-state index in [0.29, 0.717) is 0 Å². The molecule has 25 heavy (non-hydrogen) atoms. The molecule has 0 atom stereocenters. The summed E-state index contributed by atoms with van der Waals surface area (Å²) >= 11 is 3.58. The second-order valence-corrected chi connectivity index (χ2v) is 14.4. The largest absolute Gasteiger partial charge is 0.543 e. The summed E-state index contributed by atoms with van der Waals surface area (Å²) in [6, 6.07) is 5.79. The monoisotopic (exact) mass is 425 g/mol. The van der Waals surface area contributed by atoms with E-state index in [1.165, 1.54) is 4.57 Å². The second-order valence-electron chi connectivity index (χ2n) is 8.84. The maximum Gasteiger partial charge on any atom is 0.419 e. The summed E-state index contributed by atoms with van der Waals surface area (Å²) < 4.78 is 14.4. The van der Waals surface area contributed by atoms with E-state index in [2.05, 4.69) is 49.8 Å². The van der Waals surface area contributed by atoms with Gasteiger partial charge in [-0.2, -0.15) is 0 Å². The minimum atomic E-state index is -1.99. The van der Waals surface area contributed by atoms with Crippen LogP contribution in [0, 0.1) is 0 Å². The lowest BCUT2D eigenvalue weighted by Crippen LogP contribution is -2.43. The van der Waals surface area contributed by atoms with Crippen molar-refractivity contribution in [2.45, 2.75) is 65.3 Å². The molecule has 1 aromatic heterocycles. The molecule has 2 rings (SSSR count). The van der Waals surface area contributed by atoms with Crippen LogP contribution < -0.4 is 4.43 Å². The van der Waals surface area contributed by atoms with E-state index < -0.39 is 20.0 Å². The summed E-state index contributed by atoms with van der Waals surface area (Å²) in [5, 5.41) is 0.994. The van der Waals surface area contributed by atoms with Crippen molar-refractivity contribution in [3.8, 4) is 5.75 Å². The molecule has 0 saturated heterocycles. The molecular weight excluding hydrogens is 398 g/mol. The van der Waals surface area contributed by atoms with Crippen molar-refractivity contribution in [2.75, 3.05) is 0 Å². The number of aromatic nitrogens is 1. The van der Waals surface area contributed by atoms with Gasteiger partial charge in [-0.25, -0.2) is 4.79 Å². The molecule has 1 heterocycles. The zero-order valence-electron chi connectivity index (χ0n) is 16.4. The van der Waals surface area contributed by atoms with Crippen molar-refractivity contribution in [3.63, 3.8) is 0 Å². The molecule has 0 amide bonds. The van der Waals surface area contributed by atoms with E-state index >= 15 is 0 Å². The van der Waals surface area contributed by atoms with Gasteiger partial charge >= 0.3 is 6.09 Å². The zero-order valence-corrected chi connectivity index (χ0v) is 18.9. The summed E-state index contributed by atoms with van der Waals surface area (Å²) in [4.78, 5) is 12.5. The maximum atomic E-state index is 12.5. The fraction of sp³-hybridized carbons (Fsp3) is 0.526. The standard InChI is InChI=1S/C19H28BrNO3Si/c1-18(2,3)23-17(22)21-12-13(20)16-14(21)10-9-11-15(16)24-25(7,8)19(4,5)6/h9-12H,1-8H3. The number of fused-ring (bicyclic) bond motifs is 1. The fourth-order valence-electron chi connectivity index (χ4n) is 2.18. The number of benzene rings is 1. The second kappa shape index (κ2) is 6.47. The molecule has 2 aromatic rings. The molecule has 0 spiro atoms. The molecule has 0 aliphatic carbocycles. The first-order valence-corrected chi connectivity index (χ1v) is 12.1. The minimum absolute atomic E-state index is 0.0926. The average molecular weight is 426 g/mol. The van der Waals surface area contributed by atoms with Gasteiger partial charge in [0, 0.05) is 10.7 Å². The Morgan fingerprint density at radius 1 is 1.12 bits per heavy atom. The fourth-order valence-corrected chi connectivity index (χ4v) is 3.81. The molecule has 6 heteroatoms. The van der Waals surface area contributed by atoms with Gasteiger partial charge in [0.05, 0.1) is 10.9 Å². The number of carbonyl (C=O) groups excluding carboxylic acids is 1. The van der Waals surface area contributed by atoms with Crippen molar-refractivity contribution in [2.24, 2.45) is 0 Å². The first kappa shape index (κ1) is 20.0. The predicted molar refractivity (Wildman–Crippen MR) is 109 cm³/mol. The third kappa shape index (κ3) is 4.29. The summed E-state index contributed by atoms with van der Waals surface area (Å²) in [5.74, 6) is 0.804. The van der Waals surface area contributed by atoms with E-state index in [4.69, 9.17) is 9.16 Å². The first-order valence-electron chi connectivity index (χ1n) is 8.45. The van der Waals surface area contributed by atoms with Gasteiger partial charge < -0.3 is 9.16 Å². The number of hydrogen-bond donors (Lipinski definition) is 0. The quantitative estimate of drug-likeness (QED) is 0.510. The topological polar surface area (TPSA) is 40.5 Å². The molecule has 0 aliphatic heterocycles. The first-order chi connectivity index (χ1) is 11.2. The van der Waals surface area contributed by atoms with Crippen LogP contribution in [-0.4, -0.2) is 24.6 Å². The highest BCUT2D eigenvalue weighted by molar-refractivity contribution is 9.10. The Labute approximate surface area is 159 Å². The molecule has 4 nitrogen and oxygen atoms in total. The van der Waals surface area contributed by atoms with Crippen LogP contribution in [0.2, 0.25) is 18.1 Å². The highest BCUT2D eigenvalue weighted by atomic mass is 79.9. The third-order valence-electron chi connectivity index (χ3n) is 4.51. The Balaban J connectivity index is 2.52. The third-order valence-corrected chi connectivity index (χ3v) is 9.45. The molecule has 0 aliphatic rings. The maximum absolute atomic E-state index is 12.5. The zero-order chi connectivity index (χ0) is 19.2. The van der Waals surface area contributed by atoms with Crippen molar-refractivity contribution in [1.82, 2.24) is 4.57 Å². The predicted octanol–water partition coefficient (Wildman–Crippen LogP) is 6.57. The van der Waals surface area contributed by atoms with Gasteiger partial charge in [-0.15, -0.1) is 0 Å². The van der Waals surface area contributed by atoms with Crippen molar-refractivity contribution < 1.29 is 14.0 Å². The van der Waals surface area contributed by atoms with Crippen molar-refractivity contribution in [3.05, 3.63) is 28.9 Å². The molecule has 0 unspecified atom stereocenters. The molecule has 0 radical (unpaired) electrons. The number of carbonyl (C=O) groups is 1. The normalized spacial score (nSPS) is 13.2. The summed E-state index contributed by atoms with van der Waals surface area (Å²) in [6.07, 6.45) is 1.35. The average Bonchev–Trinajstić information content (AvgIpc) is 2.74. The van der Waals surface area contributed by atoms with Crippen LogP contribution in [-0.2, 0) is 4.74 Å². The number of nitrogens with zero attached hydrogens (tertiary/aromatic N) is 1. The Bertz CT molecular complexity index is 797. The van der Waals surface area contributed by atoms with Gasteiger partial charge in [0.1, 0.15) is 11.4 Å². The summed E-state index contributed by atoms with van der Waals surface area (Å²) in [7, 11) is -1.99. The van der Waals surface area contributed by atoms with Crippen LogP contribution in [0.4, 0.5) is 4.79 Å². The van der Waals surface area contributed by atoms with Crippen LogP contribution in [0.25, 0.3) is 10.9 Å². The minimum Gasteiger partial charge on any atom is -0.543 e. The lowest BCUT2D eigenvalue weighted by Gasteiger charge is -2.36. The smallest absolute Gasteiger partial charge is 0.419 e. The molecule has 0 saturated carbocycles. The Kier molecular flexibility index (Phi) is 5.19. The lowest BCUT2D eigenvalue weighted by molar-refractivity contribution is 0.0544. The highest BCUT2D eigenvalue weighted by Gasteiger charge is 2.39. The van der Waals surface area contributed by atoms with Crippen LogP contribution >= 0.6 is 15.9 Å². The number of ether oxygens (including phenoxy) is 1. The van der Waals surface area contributed by atoms with Crippen LogP contribution in [0.5, 0.6) is 5.75 Å². The van der Waals surface area contributed by atoms with Gasteiger partial charge in [-0.1, -0.05) is 26.8 Å². The Morgan fingerprint density at radius 3 is 2.24 bits per heavy atom. The summed E-state index contributed by atoms with van der Waals surface area (Å²) in [5.41, 5.74) is 0.229. The van der Waals surface area contributed by atoms with E-state index in [1.807, 2.05) is 39.0 Å². The molecule has 0 bridgehead atoms. The van der Waals surface area contributed by atoms with Crippen molar-refractivity contribution >= 4 is 41.2 Å². The van der Waals surface area contributed by atoms with E-state index in [0.717, 1.165) is 21.1 Å². The van der Waals surface area contributed by atoms with Crippen LogP contribution in [0.3, 0.4) is 0 Å². The van der Waals surface area contributed by atoms with Gasteiger partial charge in [-0.05, 0) is 67.0 Å². The Morgan fingerprint density at radius 2 is 1.72 bits per heavy atom. The highest BCUT2D eigenvalue weighted by Crippen LogP contribution is 2.41. The van der Waals surface area contributed by atoms with Gasteiger partial charge in [0.15, 0.2) is 0 Å².